The maximum atomic E-state index is 12.0. The van der Waals surface area contributed by atoms with Crippen LogP contribution in [0.25, 0.3) is 0 Å². The summed E-state index contributed by atoms with van der Waals surface area (Å²) in [5.41, 5.74) is 0.987. The predicted octanol–water partition coefficient (Wildman–Crippen LogP) is 1.000. The molecule has 0 aliphatic heterocycles. The fourth-order valence-corrected chi connectivity index (χ4v) is 1.80. The number of hydrogen-bond acceptors (Lipinski definition) is 3. The summed E-state index contributed by atoms with van der Waals surface area (Å²) in [7, 11) is 0. The summed E-state index contributed by atoms with van der Waals surface area (Å²) in [4.78, 5) is 35.3. The number of rotatable bonds is 12. The lowest BCUT2D eigenvalue weighted by molar-refractivity contribution is -0.127. The van der Waals surface area contributed by atoms with Crippen LogP contribution in [0.2, 0.25) is 0 Å². The molecule has 6 heteroatoms. The minimum Gasteiger partial charge on any atom is -0.359 e. The molecule has 0 fully saturated rings. The highest BCUT2D eigenvalue weighted by molar-refractivity contribution is 5.92. The summed E-state index contributed by atoms with van der Waals surface area (Å²) in [5, 5.41) is 5.33. The van der Waals surface area contributed by atoms with E-state index < -0.39 is 0 Å². The Hall–Kier alpha value is -2.11. The van der Waals surface area contributed by atoms with Crippen molar-refractivity contribution in [2.45, 2.75) is 33.1 Å². The first-order chi connectivity index (χ1) is 10.4. The first-order valence-corrected chi connectivity index (χ1v) is 7.45. The minimum atomic E-state index is -0.144. The van der Waals surface area contributed by atoms with E-state index in [1.54, 1.807) is 18.7 Å². The van der Waals surface area contributed by atoms with Crippen LogP contribution in [0.1, 0.15) is 33.1 Å². The Morgan fingerprint density at radius 1 is 1.00 bits per heavy atom. The van der Waals surface area contributed by atoms with Crippen LogP contribution in [0, 0.1) is 0 Å². The maximum Gasteiger partial charge on any atom is 0.248 e. The van der Waals surface area contributed by atoms with Crippen LogP contribution >= 0.6 is 0 Å². The normalized spacial score (nSPS) is 9.73. The van der Waals surface area contributed by atoms with E-state index in [4.69, 9.17) is 0 Å². The van der Waals surface area contributed by atoms with E-state index in [1.807, 2.05) is 0 Å². The van der Waals surface area contributed by atoms with Gasteiger partial charge in [0.05, 0.1) is 0 Å². The molecule has 22 heavy (non-hydrogen) atoms. The third kappa shape index (κ3) is 8.94. The molecule has 0 radical (unpaired) electrons. The van der Waals surface area contributed by atoms with E-state index in [9.17, 15) is 14.4 Å². The minimum absolute atomic E-state index is 0.0722. The number of carbonyl (C=O) groups excluding carboxylic acids is 3. The second-order valence-electron chi connectivity index (χ2n) is 5.24. The van der Waals surface area contributed by atoms with Gasteiger partial charge in [0.25, 0.3) is 0 Å². The Labute approximate surface area is 132 Å². The molecule has 0 heterocycles. The van der Waals surface area contributed by atoms with E-state index >= 15 is 0 Å². The molecule has 3 amide bonds. The van der Waals surface area contributed by atoms with E-state index in [-0.39, 0.29) is 11.8 Å². The van der Waals surface area contributed by atoms with Gasteiger partial charge in [-0.2, -0.15) is 0 Å². The standard InChI is InChI=1S/C16H27N3O3/c1-13(2)15(21)18-9-5-6-10-19(16(22)14(3)4)11-7-8-17-12-20/h12H,1,3,5-11H2,2,4H3,(H,17,20)(H,18,21). The maximum absolute atomic E-state index is 12.0. The molecule has 2 N–H and O–H groups in total. The first kappa shape index (κ1) is 19.9. The molecule has 6 nitrogen and oxygen atoms in total. The third-order valence-electron chi connectivity index (χ3n) is 3.01. The van der Waals surface area contributed by atoms with Gasteiger partial charge in [0, 0.05) is 37.3 Å². The van der Waals surface area contributed by atoms with Gasteiger partial charge < -0.3 is 15.5 Å². The molecule has 0 saturated heterocycles. The molecule has 0 bridgehead atoms. The van der Waals surface area contributed by atoms with Crippen LogP contribution in [-0.4, -0.2) is 49.3 Å². The van der Waals surface area contributed by atoms with Gasteiger partial charge in [0.15, 0.2) is 0 Å². The van der Waals surface area contributed by atoms with Crippen LogP contribution in [0.5, 0.6) is 0 Å². The molecule has 0 atom stereocenters. The second-order valence-corrected chi connectivity index (χ2v) is 5.24. The van der Waals surface area contributed by atoms with Crippen molar-refractivity contribution in [1.82, 2.24) is 15.5 Å². The predicted molar refractivity (Wildman–Crippen MR) is 87.1 cm³/mol. The van der Waals surface area contributed by atoms with Crippen molar-refractivity contribution in [2.24, 2.45) is 0 Å². The highest BCUT2D eigenvalue weighted by Crippen LogP contribution is 2.03. The van der Waals surface area contributed by atoms with Crippen molar-refractivity contribution >= 4 is 18.2 Å². The van der Waals surface area contributed by atoms with Crippen molar-refractivity contribution in [1.29, 1.82) is 0 Å². The van der Waals surface area contributed by atoms with Gasteiger partial charge in [-0.1, -0.05) is 13.2 Å². The van der Waals surface area contributed by atoms with Gasteiger partial charge in [0.1, 0.15) is 0 Å². The second kappa shape index (κ2) is 11.5. The van der Waals surface area contributed by atoms with Crippen molar-refractivity contribution < 1.29 is 14.4 Å². The fourth-order valence-electron chi connectivity index (χ4n) is 1.80. The summed E-state index contributed by atoms with van der Waals surface area (Å²) < 4.78 is 0. The van der Waals surface area contributed by atoms with Gasteiger partial charge in [-0.25, -0.2) is 0 Å². The molecular weight excluding hydrogens is 282 g/mol. The zero-order valence-corrected chi connectivity index (χ0v) is 13.6. The molecular formula is C16H27N3O3. The average Bonchev–Trinajstić information content (AvgIpc) is 2.47. The number of hydrogen-bond donors (Lipinski definition) is 2. The van der Waals surface area contributed by atoms with Crippen LogP contribution in [-0.2, 0) is 14.4 Å². The molecule has 0 unspecified atom stereocenters. The SMILES string of the molecule is C=C(C)C(=O)NCCCCN(CCCNC=O)C(=O)C(=C)C. The highest BCUT2D eigenvalue weighted by atomic mass is 16.2. The summed E-state index contributed by atoms with van der Waals surface area (Å²) in [5.74, 6) is -0.216. The Balaban J connectivity index is 4.09. The molecule has 0 aliphatic rings. The van der Waals surface area contributed by atoms with Crippen LogP contribution < -0.4 is 10.6 Å². The highest BCUT2D eigenvalue weighted by Gasteiger charge is 2.13. The van der Waals surface area contributed by atoms with E-state index in [1.165, 1.54) is 0 Å². The quantitative estimate of drug-likeness (QED) is 0.321. The van der Waals surface area contributed by atoms with Crippen LogP contribution in [0.3, 0.4) is 0 Å². The van der Waals surface area contributed by atoms with Crippen molar-refractivity contribution in [3.05, 3.63) is 24.3 Å². The van der Waals surface area contributed by atoms with Crippen molar-refractivity contribution in [2.75, 3.05) is 26.2 Å². The smallest absolute Gasteiger partial charge is 0.248 e. The van der Waals surface area contributed by atoms with Crippen molar-refractivity contribution in [3.8, 4) is 0 Å². The number of carbonyl (C=O) groups is 3. The first-order valence-electron chi connectivity index (χ1n) is 7.45. The van der Waals surface area contributed by atoms with Gasteiger partial charge in [-0.3, -0.25) is 14.4 Å². The summed E-state index contributed by atoms with van der Waals surface area (Å²) in [6.45, 7) is 12.9. The summed E-state index contributed by atoms with van der Waals surface area (Å²) in [6.07, 6.45) is 2.92. The van der Waals surface area contributed by atoms with Crippen molar-refractivity contribution in [3.63, 3.8) is 0 Å². The van der Waals surface area contributed by atoms with Gasteiger partial charge in [0.2, 0.25) is 18.2 Å². The number of nitrogens with zero attached hydrogens (tertiary/aromatic N) is 1. The lowest BCUT2D eigenvalue weighted by atomic mass is 10.2. The van der Waals surface area contributed by atoms with E-state index in [0.29, 0.717) is 50.2 Å². The third-order valence-corrected chi connectivity index (χ3v) is 3.01. The van der Waals surface area contributed by atoms with Gasteiger partial charge >= 0.3 is 0 Å². The zero-order valence-electron chi connectivity index (χ0n) is 13.6. The topological polar surface area (TPSA) is 78.5 Å². The largest absolute Gasteiger partial charge is 0.359 e. The summed E-state index contributed by atoms with van der Waals surface area (Å²) in [6, 6.07) is 0. The molecule has 0 spiro atoms. The Morgan fingerprint density at radius 2 is 1.64 bits per heavy atom. The van der Waals surface area contributed by atoms with Crippen LogP contribution in [0.4, 0.5) is 0 Å². The molecule has 124 valence electrons. The molecule has 0 aliphatic carbocycles. The van der Waals surface area contributed by atoms with Gasteiger partial charge in [-0.15, -0.1) is 0 Å². The number of unbranched alkanes of at least 4 members (excludes halogenated alkanes) is 1. The molecule has 0 aromatic heterocycles. The Bertz CT molecular complexity index is 419. The fraction of sp³-hybridized carbons (Fsp3) is 0.562. The number of amides is 3. The zero-order chi connectivity index (χ0) is 17.0. The molecule has 0 aromatic rings. The van der Waals surface area contributed by atoms with E-state index in [2.05, 4.69) is 23.8 Å². The monoisotopic (exact) mass is 309 g/mol. The lowest BCUT2D eigenvalue weighted by Gasteiger charge is -2.23. The molecule has 0 aromatic carbocycles. The average molecular weight is 309 g/mol. The van der Waals surface area contributed by atoms with E-state index in [0.717, 1.165) is 12.8 Å². The Morgan fingerprint density at radius 3 is 2.18 bits per heavy atom. The molecule has 0 saturated carbocycles. The Kier molecular flexibility index (Phi) is 10.4. The molecule has 0 rings (SSSR count). The lowest BCUT2D eigenvalue weighted by Crippen LogP contribution is -2.35. The summed E-state index contributed by atoms with van der Waals surface area (Å²) >= 11 is 0. The van der Waals surface area contributed by atoms with Crippen LogP contribution in [0.15, 0.2) is 24.3 Å². The van der Waals surface area contributed by atoms with Gasteiger partial charge in [-0.05, 0) is 33.1 Å². The number of nitrogens with one attached hydrogen (secondary N) is 2.